The highest BCUT2D eigenvalue weighted by molar-refractivity contribution is 6.13. The molecule has 0 spiro atoms. The lowest BCUT2D eigenvalue weighted by Gasteiger charge is -2.31. The quantitative estimate of drug-likeness (QED) is 0.349. The zero-order chi connectivity index (χ0) is 15.9. The highest BCUT2D eigenvalue weighted by Crippen LogP contribution is 2.21. The molecule has 21 heavy (non-hydrogen) atoms. The minimum absolute atomic E-state index is 0.0371. The normalized spacial score (nSPS) is 25.2. The van der Waals surface area contributed by atoms with Crippen molar-refractivity contribution in [3.8, 4) is 0 Å². The Labute approximate surface area is 122 Å². The first-order valence-corrected chi connectivity index (χ1v) is 7.09. The number of urea groups is 1. The molecule has 3 N–H and O–H groups in total. The number of amides is 3. The van der Waals surface area contributed by atoms with Gasteiger partial charge >= 0.3 is 17.7 Å². The van der Waals surface area contributed by atoms with Gasteiger partial charge in [0.05, 0.1) is 6.61 Å². The molecule has 0 bridgehead atoms. The third-order valence-corrected chi connectivity index (χ3v) is 3.23. The summed E-state index contributed by atoms with van der Waals surface area (Å²) in [5.74, 6) is -3.02. The molecule has 1 aliphatic heterocycles. The Bertz CT molecular complexity index is 404. The molecule has 7 nitrogen and oxygen atoms in total. The van der Waals surface area contributed by atoms with E-state index in [1.807, 2.05) is 0 Å². The van der Waals surface area contributed by atoms with Gasteiger partial charge in [0.15, 0.2) is 6.23 Å². The summed E-state index contributed by atoms with van der Waals surface area (Å²) in [4.78, 5) is 33.8. The van der Waals surface area contributed by atoms with E-state index in [2.05, 4.69) is 11.7 Å². The van der Waals surface area contributed by atoms with E-state index in [9.17, 15) is 23.9 Å². The van der Waals surface area contributed by atoms with Gasteiger partial charge in [0.2, 0.25) is 0 Å². The number of rotatable bonds is 8. The van der Waals surface area contributed by atoms with Crippen molar-refractivity contribution in [1.29, 1.82) is 0 Å². The molecule has 0 saturated carbocycles. The molecule has 0 aromatic heterocycles. The Kier molecular flexibility index (Phi) is 6.54. The maximum Gasteiger partial charge on any atom is 0.358 e. The summed E-state index contributed by atoms with van der Waals surface area (Å²) < 4.78 is 18.9. The zero-order valence-corrected chi connectivity index (χ0v) is 12.0. The van der Waals surface area contributed by atoms with E-state index < -0.39 is 29.8 Å². The van der Waals surface area contributed by atoms with Crippen LogP contribution in [-0.2, 0) is 14.3 Å². The number of halogens is 1. The summed E-state index contributed by atoms with van der Waals surface area (Å²) in [6, 6.07) is -1.07. The molecule has 1 heterocycles. The number of esters is 1. The van der Waals surface area contributed by atoms with Crippen LogP contribution < -0.4 is 10.6 Å². The van der Waals surface area contributed by atoms with Gasteiger partial charge in [-0.15, -0.1) is 0 Å². The van der Waals surface area contributed by atoms with Gasteiger partial charge in [0, 0.05) is 0 Å². The van der Waals surface area contributed by atoms with Crippen LogP contribution in [0.1, 0.15) is 45.4 Å². The van der Waals surface area contributed by atoms with Crippen molar-refractivity contribution in [1.82, 2.24) is 10.6 Å². The lowest BCUT2D eigenvalue weighted by atomic mass is 10.0. The molecule has 0 aromatic rings. The molecule has 1 aliphatic rings. The first-order valence-electron chi connectivity index (χ1n) is 7.09. The number of carbonyl (C=O) groups excluding carboxylic acids is 3. The lowest BCUT2D eigenvalue weighted by Crippen LogP contribution is -2.70. The predicted molar refractivity (Wildman–Crippen MR) is 70.9 cm³/mol. The lowest BCUT2D eigenvalue weighted by molar-refractivity contribution is -0.175. The van der Waals surface area contributed by atoms with Crippen LogP contribution >= 0.6 is 0 Å². The molecule has 0 aromatic carbocycles. The Morgan fingerprint density at radius 2 is 1.90 bits per heavy atom. The number of aliphatic hydroxyl groups is 1. The number of ether oxygens (including phenoxy) is 1. The maximum absolute atomic E-state index is 14.3. The van der Waals surface area contributed by atoms with Gasteiger partial charge in [-0.25, -0.2) is 14.0 Å². The smallest absolute Gasteiger partial charge is 0.358 e. The molecule has 2 atom stereocenters. The fourth-order valence-corrected chi connectivity index (χ4v) is 1.93. The average Bonchev–Trinajstić information content (AvgIpc) is 2.43. The van der Waals surface area contributed by atoms with Crippen LogP contribution in [0.2, 0.25) is 0 Å². The van der Waals surface area contributed by atoms with E-state index in [0.29, 0.717) is 6.42 Å². The number of carbonyl (C=O) groups is 3. The van der Waals surface area contributed by atoms with Crippen molar-refractivity contribution < 1.29 is 28.6 Å². The number of nitrogens with one attached hydrogen (secondary N) is 2. The number of aliphatic hydroxyl groups excluding tert-OH is 1. The molecular formula is C13H21FN2O5. The van der Waals surface area contributed by atoms with Gasteiger partial charge in [-0.2, -0.15) is 0 Å². The zero-order valence-electron chi connectivity index (χ0n) is 12.0. The van der Waals surface area contributed by atoms with Crippen LogP contribution in [0, 0.1) is 0 Å². The highest BCUT2D eigenvalue weighted by Gasteiger charge is 2.58. The Hall–Kier alpha value is -1.70. The summed E-state index contributed by atoms with van der Waals surface area (Å²) in [7, 11) is 0. The third-order valence-electron chi connectivity index (χ3n) is 3.23. The SMILES string of the molecule is CCCCCCCCOC(=O)C1(F)C(=O)NC(=O)NC1O. The minimum atomic E-state index is -3.31. The van der Waals surface area contributed by atoms with Crippen LogP contribution in [-0.4, -0.2) is 41.5 Å². The van der Waals surface area contributed by atoms with E-state index in [1.54, 1.807) is 10.6 Å². The standard InChI is InChI=1S/C13H21FN2O5/c1-2-3-4-5-6-7-8-21-11(19)13(14)9(17)15-12(20)16-10(13)18/h9,17H,2-8H2,1H3,(H2,15,16,18,20). The van der Waals surface area contributed by atoms with Crippen molar-refractivity contribution in [2.45, 2.75) is 57.3 Å². The molecule has 3 amide bonds. The summed E-state index contributed by atoms with van der Waals surface area (Å²) in [5, 5.41) is 12.7. The van der Waals surface area contributed by atoms with Crippen molar-refractivity contribution >= 4 is 17.9 Å². The van der Waals surface area contributed by atoms with Gasteiger partial charge < -0.3 is 15.2 Å². The summed E-state index contributed by atoms with van der Waals surface area (Å²) in [5.41, 5.74) is -3.31. The first kappa shape index (κ1) is 17.4. The number of alkyl halides is 1. The van der Waals surface area contributed by atoms with Gasteiger partial charge in [-0.3, -0.25) is 10.1 Å². The second kappa shape index (κ2) is 7.92. The monoisotopic (exact) mass is 304 g/mol. The largest absolute Gasteiger partial charge is 0.463 e. The number of hydrogen-bond donors (Lipinski definition) is 3. The van der Waals surface area contributed by atoms with Crippen molar-refractivity contribution in [2.24, 2.45) is 0 Å². The van der Waals surface area contributed by atoms with Crippen molar-refractivity contribution in [3.05, 3.63) is 0 Å². The van der Waals surface area contributed by atoms with Crippen LogP contribution in [0.4, 0.5) is 9.18 Å². The number of imide groups is 1. The Balaban J connectivity index is 2.36. The van der Waals surface area contributed by atoms with E-state index >= 15 is 0 Å². The number of unbranched alkanes of at least 4 members (excludes halogenated alkanes) is 5. The molecular weight excluding hydrogens is 283 g/mol. The van der Waals surface area contributed by atoms with E-state index in [0.717, 1.165) is 32.1 Å². The fourth-order valence-electron chi connectivity index (χ4n) is 1.93. The van der Waals surface area contributed by atoms with Gasteiger partial charge in [0.1, 0.15) is 0 Å². The summed E-state index contributed by atoms with van der Waals surface area (Å²) >= 11 is 0. The van der Waals surface area contributed by atoms with Gasteiger partial charge in [-0.1, -0.05) is 39.0 Å². The molecule has 0 radical (unpaired) electrons. The second-order valence-electron chi connectivity index (χ2n) is 4.95. The van der Waals surface area contributed by atoms with Crippen LogP contribution in [0.25, 0.3) is 0 Å². The van der Waals surface area contributed by atoms with Crippen molar-refractivity contribution in [3.63, 3.8) is 0 Å². The average molecular weight is 304 g/mol. The van der Waals surface area contributed by atoms with E-state index in [4.69, 9.17) is 0 Å². The second-order valence-corrected chi connectivity index (χ2v) is 4.95. The van der Waals surface area contributed by atoms with Gasteiger partial charge in [0.25, 0.3) is 5.91 Å². The van der Waals surface area contributed by atoms with Crippen molar-refractivity contribution in [2.75, 3.05) is 6.61 Å². The van der Waals surface area contributed by atoms with Crippen LogP contribution in [0.5, 0.6) is 0 Å². The molecule has 120 valence electrons. The minimum Gasteiger partial charge on any atom is -0.463 e. The maximum atomic E-state index is 14.3. The molecule has 1 saturated heterocycles. The Morgan fingerprint density at radius 1 is 1.29 bits per heavy atom. The third kappa shape index (κ3) is 4.38. The molecule has 1 rings (SSSR count). The van der Waals surface area contributed by atoms with E-state index in [1.165, 1.54) is 0 Å². The Morgan fingerprint density at radius 3 is 2.52 bits per heavy atom. The number of hydrogen-bond acceptors (Lipinski definition) is 5. The van der Waals surface area contributed by atoms with Crippen LogP contribution in [0.15, 0.2) is 0 Å². The summed E-state index contributed by atoms with van der Waals surface area (Å²) in [6.45, 7) is 2.06. The predicted octanol–water partition coefficient (Wildman–Crippen LogP) is 0.756. The molecule has 1 fully saturated rings. The first-order chi connectivity index (χ1) is 9.92. The fraction of sp³-hybridized carbons (Fsp3) is 0.769. The van der Waals surface area contributed by atoms with Gasteiger partial charge in [-0.05, 0) is 6.42 Å². The molecule has 8 heteroatoms. The van der Waals surface area contributed by atoms with E-state index in [-0.39, 0.29) is 6.61 Å². The highest BCUT2D eigenvalue weighted by atomic mass is 19.1. The van der Waals surface area contributed by atoms with Crippen LogP contribution in [0.3, 0.4) is 0 Å². The summed E-state index contributed by atoms with van der Waals surface area (Å²) in [6.07, 6.45) is 3.47. The molecule has 0 aliphatic carbocycles. The molecule has 2 unspecified atom stereocenters. The topological polar surface area (TPSA) is 105 Å².